The van der Waals surface area contributed by atoms with Crippen LogP contribution in [0.1, 0.15) is 12.8 Å². The van der Waals surface area contributed by atoms with Crippen LogP contribution in [0.3, 0.4) is 0 Å². The fourth-order valence-corrected chi connectivity index (χ4v) is 2.16. The van der Waals surface area contributed by atoms with Crippen LogP contribution in [0.4, 0.5) is 11.4 Å². The van der Waals surface area contributed by atoms with Crippen molar-refractivity contribution in [2.45, 2.75) is 18.9 Å². The molecule has 1 saturated heterocycles. The van der Waals surface area contributed by atoms with Crippen LogP contribution in [-0.2, 0) is 0 Å². The summed E-state index contributed by atoms with van der Waals surface area (Å²) < 4.78 is 5.19. The molecule has 0 aromatic heterocycles. The van der Waals surface area contributed by atoms with E-state index in [0.29, 0.717) is 18.0 Å². The van der Waals surface area contributed by atoms with Crippen molar-refractivity contribution in [1.29, 1.82) is 0 Å². The van der Waals surface area contributed by atoms with Crippen molar-refractivity contribution in [3.05, 3.63) is 18.2 Å². The van der Waals surface area contributed by atoms with Crippen LogP contribution in [0.25, 0.3) is 0 Å². The molecule has 0 amide bonds. The highest BCUT2D eigenvalue weighted by Gasteiger charge is 2.20. The maximum atomic E-state index is 9.64. The van der Waals surface area contributed by atoms with E-state index in [0.717, 1.165) is 25.1 Å². The van der Waals surface area contributed by atoms with E-state index >= 15 is 0 Å². The van der Waals surface area contributed by atoms with Crippen LogP contribution >= 0.6 is 0 Å². The molecular formula is C12H18N2O2. The van der Waals surface area contributed by atoms with Gasteiger partial charge >= 0.3 is 0 Å². The normalized spacial score (nSPS) is 20.9. The molecule has 16 heavy (non-hydrogen) atoms. The average molecular weight is 222 g/mol. The average Bonchev–Trinajstić information content (AvgIpc) is 2.29. The lowest BCUT2D eigenvalue weighted by Crippen LogP contribution is -2.38. The predicted octanol–water partition coefficient (Wildman–Crippen LogP) is 1.24. The van der Waals surface area contributed by atoms with Crippen molar-refractivity contribution in [1.82, 2.24) is 0 Å². The minimum absolute atomic E-state index is 0.251. The third-order valence-electron chi connectivity index (χ3n) is 3.00. The molecule has 4 heteroatoms. The fraction of sp³-hybridized carbons (Fsp3) is 0.500. The van der Waals surface area contributed by atoms with Crippen molar-refractivity contribution < 1.29 is 9.84 Å². The van der Waals surface area contributed by atoms with Crippen molar-refractivity contribution in [2.24, 2.45) is 0 Å². The van der Waals surface area contributed by atoms with Crippen LogP contribution in [0.2, 0.25) is 0 Å². The van der Waals surface area contributed by atoms with Gasteiger partial charge in [0.2, 0.25) is 0 Å². The van der Waals surface area contributed by atoms with Gasteiger partial charge in [-0.25, -0.2) is 0 Å². The zero-order chi connectivity index (χ0) is 11.5. The Labute approximate surface area is 95.6 Å². The fourth-order valence-electron chi connectivity index (χ4n) is 2.16. The smallest absolute Gasteiger partial charge is 0.143 e. The number of hydrogen-bond acceptors (Lipinski definition) is 4. The minimum Gasteiger partial charge on any atom is -0.495 e. The number of hydrogen-bond donors (Lipinski definition) is 2. The van der Waals surface area contributed by atoms with Crippen molar-refractivity contribution in [3.8, 4) is 5.75 Å². The van der Waals surface area contributed by atoms with Crippen molar-refractivity contribution in [3.63, 3.8) is 0 Å². The Morgan fingerprint density at radius 1 is 1.50 bits per heavy atom. The molecule has 1 fully saturated rings. The molecule has 0 saturated carbocycles. The second-order valence-corrected chi connectivity index (χ2v) is 4.14. The van der Waals surface area contributed by atoms with E-state index in [4.69, 9.17) is 10.5 Å². The molecule has 2 rings (SSSR count). The highest BCUT2D eigenvalue weighted by atomic mass is 16.5. The number of aliphatic hydroxyl groups excluding tert-OH is 1. The number of piperidine rings is 1. The van der Waals surface area contributed by atoms with E-state index in [9.17, 15) is 5.11 Å². The standard InChI is InChI=1S/C12H18N2O2/c1-16-11-6-2-5-10(12(11)13)14-7-3-4-9(15)8-14/h2,5-6,9,15H,3-4,7-8,13H2,1H3. The van der Waals surface area contributed by atoms with Crippen LogP contribution in [-0.4, -0.2) is 31.4 Å². The number of ether oxygens (including phenoxy) is 1. The van der Waals surface area contributed by atoms with Gasteiger partial charge in [-0.05, 0) is 25.0 Å². The molecule has 0 aliphatic carbocycles. The largest absolute Gasteiger partial charge is 0.495 e. The molecule has 1 unspecified atom stereocenters. The van der Waals surface area contributed by atoms with E-state index < -0.39 is 0 Å². The van der Waals surface area contributed by atoms with Crippen LogP contribution < -0.4 is 15.4 Å². The minimum atomic E-state index is -0.251. The molecule has 1 heterocycles. The topological polar surface area (TPSA) is 58.7 Å². The lowest BCUT2D eigenvalue weighted by molar-refractivity contribution is 0.154. The molecule has 1 aliphatic rings. The summed E-state index contributed by atoms with van der Waals surface area (Å²) in [6.07, 6.45) is 1.62. The van der Waals surface area contributed by atoms with E-state index in [1.807, 2.05) is 18.2 Å². The van der Waals surface area contributed by atoms with Gasteiger partial charge in [-0.2, -0.15) is 0 Å². The van der Waals surface area contributed by atoms with Crippen molar-refractivity contribution in [2.75, 3.05) is 30.8 Å². The van der Waals surface area contributed by atoms with Gasteiger partial charge in [0.15, 0.2) is 0 Å². The van der Waals surface area contributed by atoms with Crippen LogP contribution in [0.15, 0.2) is 18.2 Å². The first-order valence-electron chi connectivity index (χ1n) is 5.58. The molecular weight excluding hydrogens is 204 g/mol. The number of rotatable bonds is 2. The van der Waals surface area contributed by atoms with Gasteiger partial charge in [-0.1, -0.05) is 6.07 Å². The second-order valence-electron chi connectivity index (χ2n) is 4.14. The lowest BCUT2D eigenvalue weighted by atomic mass is 10.1. The Morgan fingerprint density at radius 2 is 2.31 bits per heavy atom. The Hall–Kier alpha value is -1.42. The number of β-amino-alcohol motifs (C(OH)–C–C–N with tert-alkyl or cyclic N) is 1. The number of para-hydroxylation sites is 1. The highest BCUT2D eigenvalue weighted by Crippen LogP contribution is 2.33. The number of benzene rings is 1. The molecule has 1 aromatic carbocycles. The summed E-state index contributed by atoms with van der Waals surface area (Å²) in [5.41, 5.74) is 7.63. The number of nitrogens with zero attached hydrogens (tertiary/aromatic N) is 1. The molecule has 4 nitrogen and oxygen atoms in total. The second kappa shape index (κ2) is 4.61. The highest BCUT2D eigenvalue weighted by molar-refractivity contribution is 5.74. The van der Waals surface area contributed by atoms with Crippen LogP contribution in [0, 0.1) is 0 Å². The van der Waals surface area contributed by atoms with E-state index in [1.54, 1.807) is 7.11 Å². The molecule has 0 radical (unpaired) electrons. The maximum Gasteiger partial charge on any atom is 0.143 e. The van der Waals surface area contributed by atoms with E-state index in [1.165, 1.54) is 0 Å². The number of aliphatic hydroxyl groups is 1. The summed E-state index contributed by atoms with van der Waals surface area (Å²) in [5, 5.41) is 9.64. The third-order valence-corrected chi connectivity index (χ3v) is 3.00. The van der Waals surface area contributed by atoms with E-state index in [-0.39, 0.29) is 6.10 Å². The Balaban J connectivity index is 2.25. The first kappa shape index (κ1) is 11.1. The SMILES string of the molecule is COc1cccc(N2CCCC(O)C2)c1N. The number of nitrogens with two attached hydrogens (primary N) is 1. The zero-order valence-corrected chi connectivity index (χ0v) is 9.52. The predicted molar refractivity (Wildman–Crippen MR) is 64.9 cm³/mol. The molecule has 1 aromatic rings. The van der Waals surface area contributed by atoms with Gasteiger partial charge < -0.3 is 20.5 Å². The Morgan fingerprint density at radius 3 is 3.00 bits per heavy atom. The van der Waals surface area contributed by atoms with Crippen LogP contribution in [0.5, 0.6) is 5.75 Å². The third kappa shape index (κ3) is 2.07. The van der Waals surface area contributed by atoms with Gasteiger partial charge in [0.25, 0.3) is 0 Å². The summed E-state index contributed by atoms with van der Waals surface area (Å²) in [7, 11) is 1.61. The molecule has 0 bridgehead atoms. The molecule has 88 valence electrons. The number of nitrogen functional groups attached to an aromatic ring is 1. The summed E-state index contributed by atoms with van der Waals surface area (Å²) in [6.45, 7) is 1.59. The van der Waals surface area contributed by atoms with Gasteiger partial charge in [0.05, 0.1) is 24.6 Å². The first-order chi connectivity index (χ1) is 7.72. The van der Waals surface area contributed by atoms with Gasteiger partial charge in [0, 0.05) is 13.1 Å². The summed E-state index contributed by atoms with van der Waals surface area (Å²) in [4.78, 5) is 2.12. The van der Waals surface area contributed by atoms with E-state index in [2.05, 4.69) is 4.90 Å². The maximum absolute atomic E-state index is 9.64. The van der Waals surface area contributed by atoms with Gasteiger partial charge in [-0.3, -0.25) is 0 Å². The van der Waals surface area contributed by atoms with Crippen molar-refractivity contribution >= 4 is 11.4 Å². The summed E-state index contributed by atoms with van der Waals surface area (Å²) in [6, 6.07) is 5.74. The quantitative estimate of drug-likeness (QED) is 0.739. The summed E-state index contributed by atoms with van der Waals surface area (Å²) >= 11 is 0. The molecule has 0 spiro atoms. The molecule has 1 atom stereocenters. The molecule has 3 N–H and O–H groups in total. The Bertz CT molecular complexity index is 368. The summed E-state index contributed by atoms with van der Waals surface area (Å²) in [5.74, 6) is 0.692. The lowest BCUT2D eigenvalue weighted by Gasteiger charge is -2.33. The number of methoxy groups -OCH3 is 1. The zero-order valence-electron chi connectivity index (χ0n) is 9.52. The first-order valence-corrected chi connectivity index (χ1v) is 5.58. The Kier molecular flexibility index (Phi) is 3.19. The monoisotopic (exact) mass is 222 g/mol. The van der Waals surface area contributed by atoms with Gasteiger partial charge in [0.1, 0.15) is 5.75 Å². The molecule has 1 aliphatic heterocycles. The number of anilines is 2. The van der Waals surface area contributed by atoms with Gasteiger partial charge in [-0.15, -0.1) is 0 Å².